The van der Waals surface area contributed by atoms with Gasteiger partial charge in [-0.05, 0) is 66.8 Å². The Balaban J connectivity index is 1.64. The Bertz CT molecular complexity index is 922. The van der Waals surface area contributed by atoms with E-state index in [2.05, 4.69) is 16.0 Å². The number of benzene rings is 1. The normalized spacial score (nSPS) is 12.6. The molecule has 1 aliphatic rings. The molecule has 0 saturated carbocycles. The summed E-state index contributed by atoms with van der Waals surface area (Å²) in [7, 11) is 2.52. The van der Waals surface area contributed by atoms with Crippen molar-refractivity contribution in [2.24, 2.45) is 0 Å². The van der Waals surface area contributed by atoms with E-state index in [-0.39, 0.29) is 16.8 Å². The summed E-state index contributed by atoms with van der Waals surface area (Å²) in [6, 6.07) is 3.81. The Labute approximate surface area is 173 Å². The molecule has 1 heterocycles. The summed E-state index contributed by atoms with van der Waals surface area (Å²) in [6.45, 7) is 0.471. The zero-order chi connectivity index (χ0) is 20.8. The number of hydrogen-bond acceptors (Lipinski definition) is 6. The molecule has 1 aromatic heterocycles. The maximum absolute atomic E-state index is 12.4. The first-order valence-electron chi connectivity index (χ1n) is 9.47. The van der Waals surface area contributed by atoms with E-state index in [4.69, 9.17) is 9.47 Å². The lowest BCUT2D eigenvalue weighted by atomic mass is 9.95. The van der Waals surface area contributed by atoms with Crippen LogP contribution in [0.4, 0.5) is 10.5 Å². The maximum Gasteiger partial charge on any atom is 0.339 e. The second-order valence-electron chi connectivity index (χ2n) is 6.74. The molecule has 8 heteroatoms. The fourth-order valence-corrected chi connectivity index (χ4v) is 4.61. The number of esters is 2. The van der Waals surface area contributed by atoms with Crippen LogP contribution in [0.3, 0.4) is 0 Å². The van der Waals surface area contributed by atoms with Crippen LogP contribution in [-0.2, 0) is 28.7 Å². The Kier molecular flexibility index (Phi) is 6.87. The van der Waals surface area contributed by atoms with E-state index in [1.54, 1.807) is 11.3 Å². The molecule has 0 spiro atoms. The Hall–Kier alpha value is -2.87. The lowest BCUT2D eigenvalue weighted by Gasteiger charge is -2.14. The van der Waals surface area contributed by atoms with Gasteiger partial charge in [0, 0.05) is 11.4 Å². The predicted octanol–water partition coefficient (Wildman–Crippen LogP) is 3.56. The zero-order valence-corrected chi connectivity index (χ0v) is 17.3. The number of aryl methyl sites for hydroxylation is 1. The third kappa shape index (κ3) is 4.95. The largest absolute Gasteiger partial charge is 0.465 e. The van der Waals surface area contributed by atoms with Crippen LogP contribution in [0.2, 0.25) is 0 Å². The van der Waals surface area contributed by atoms with Crippen molar-refractivity contribution < 1.29 is 23.9 Å². The molecule has 2 amide bonds. The third-order valence-electron chi connectivity index (χ3n) is 4.92. The minimum Gasteiger partial charge on any atom is -0.465 e. The number of ether oxygens (including phenoxy) is 2. The number of carbonyl (C=O) groups excluding carboxylic acids is 3. The molecule has 0 saturated heterocycles. The van der Waals surface area contributed by atoms with Crippen LogP contribution in [0.5, 0.6) is 0 Å². The fourth-order valence-electron chi connectivity index (χ4n) is 3.43. The molecule has 0 bridgehead atoms. The Morgan fingerprint density at radius 2 is 1.83 bits per heavy atom. The monoisotopic (exact) mass is 416 g/mol. The Morgan fingerprint density at radius 3 is 2.59 bits per heavy atom. The van der Waals surface area contributed by atoms with Gasteiger partial charge in [0.15, 0.2) is 0 Å². The molecule has 3 rings (SSSR count). The van der Waals surface area contributed by atoms with Gasteiger partial charge in [0.2, 0.25) is 0 Å². The molecule has 1 aromatic carbocycles. The molecule has 2 aromatic rings. The molecule has 154 valence electrons. The number of anilines is 1. The van der Waals surface area contributed by atoms with Crippen molar-refractivity contribution in [2.45, 2.75) is 32.1 Å². The predicted molar refractivity (Wildman–Crippen MR) is 111 cm³/mol. The summed E-state index contributed by atoms with van der Waals surface area (Å²) >= 11 is 1.80. The van der Waals surface area contributed by atoms with Gasteiger partial charge < -0.3 is 20.1 Å². The highest BCUT2D eigenvalue weighted by atomic mass is 32.1. The van der Waals surface area contributed by atoms with E-state index < -0.39 is 18.0 Å². The number of methoxy groups -OCH3 is 2. The number of amides is 2. The highest BCUT2D eigenvalue weighted by Crippen LogP contribution is 2.30. The summed E-state index contributed by atoms with van der Waals surface area (Å²) in [5.41, 5.74) is 3.31. The van der Waals surface area contributed by atoms with Crippen molar-refractivity contribution in [3.8, 4) is 0 Å². The quantitative estimate of drug-likeness (QED) is 0.702. The molecule has 29 heavy (non-hydrogen) atoms. The van der Waals surface area contributed by atoms with Gasteiger partial charge in [0.1, 0.15) is 0 Å². The van der Waals surface area contributed by atoms with E-state index in [0.717, 1.165) is 19.3 Å². The van der Waals surface area contributed by atoms with Gasteiger partial charge in [-0.2, -0.15) is 0 Å². The molecule has 0 fully saturated rings. The molecule has 0 radical (unpaired) electrons. The van der Waals surface area contributed by atoms with E-state index in [1.807, 2.05) is 0 Å². The van der Waals surface area contributed by atoms with Gasteiger partial charge in [-0.3, -0.25) is 0 Å². The molecular weight excluding hydrogens is 392 g/mol. The molecular formula is C21H24N2O5S. The second-order valence-corrected chi connectivity index (χ2v) is 7.71. The van der Waals surface area contributed by atoms with Gasteiger partial charge in [-0.15, -0.1) is 11.3 Å². The minimum absolute atomic E-state index is 0.155. The first kappa shape index (κ1) is 20.9. The molecule has 2 N–H and O–H groups in total. The van der Waals surface area contributed by atoms with Crippen molar-refractivity contribution in [1.82, 2.24) is 5.32 Å². The first-order chi connectivity index (χ1) is 14.0. The summed E-state index contributed by atoms with van der Waals surface area (Å²) in [6.07, 6.45) is 5.49. The smallest absolute Gasteiger partial charge is 0.339 e. The highest BCUT2D eigenvalue weighted by molar-refractivity contribution is 7.10. The molecule has 0 aliphatic heterocycles. The first-order valence-corrected chi connectivity index (χ1v) is 10.3. The molecule has 1 aliphatic carbocycles. The van der Waals surface area contributed by atoms with Crippen LogP contribution >= 0.6 is 11.3 Å². The van der Waals surface area contributed by atoms with Gasteiger partial charge in [0.05, 0.1) is 31.0 Å². The average Bonchev–Trinajstić information content (AvgIpc) is 3.15. The second kappa shape index (κ2) is 9.56. The van der Waals surface area contributed by atoms with E-state index in [0.29, 0.717) is 6.54 Å². The fraction of sp³-hybridized carbons (Fsp3) is 0.381. The van der Waals surface area contributed by atoms with Gasteiger partial charge >= 0.3 is 18.0 Å². The van der Waals surface area contributed by atoms with Crippen LogP contribution in [0, 0.1) is 0 Å². The number of fused-ring (bicyclic) bond motifs is 1. The molecule has 0 unspecified atom stereocenters. The topological polar surface area (TPSA) is 93.7 Å². The summed E-state index contributed by atoms with van der Waals surface area (Å²) in [5, 5.41) is 7.63. The van der Waals surface area contributed by atoms with Crippen LogP contribution in [0.25, 0.3) is 0 Å². The number of carbonyl (C=O) groups is 3. The van der Waals surface area contributed by atoms with Crippen molar-refractivity contribution >= 4 is 35.0 Å². The number of thiophene rings is 1. The van der Waals surface area contributed by atoms with Crippen molar-refractivity contribution in [3.63, 3.8) is 0 Å². The average molecular weight is 416 g/mol. The summed E-state index contributed by atoms with van der Waals surface area (Å²) in [5.74, 6) is -1.17. The lowest BCUT2D eigenvalue weighted by Crippen LogP contribution is -2.31. The maximum atomic E-state index is 12.4. The van der Waals surface area contributed by atoms with Crippen LogP contribution < -0.4 is 10.6 Å². The number of nitrogens with one attached hydrogen (secondary N) is 2. The SMILES string of the molecule is COC(=O)c1ccc(C(=O)OC)c(NC(=O)NCCc2csc3c2CCCC3)c1. The van der Waals surface area contributed by atoms with E-state index >= 15 is 0 Å². The number of rotatable bonds is 6. The minimum atomic E-state index is -0.610. The number of hydrogen-bond donors (Lipinski definition) is 2. The van der Waals surface area contributed by atoms with E-state index in [9.17, 15) is 14.4 Å². The van der Waals surface area contributed by atoms with Crippen molar-refractivity contribution in [1.29, 1.82) is 0 Å². The van der Waals surface area contributed by atoms with Crippen LogP contribution in [-0.4, -0.2) is 38.7 Å². The highest BCUT2D eigenvalue weighted by Gasteiger charge is 2.18. The van der Waals surface area contributed by atoms with Crippen LogP contribution in [0.15, 0.2) is 23.6 Å². The summed E-state index contributed by atoms with van der Waals surface area (Å²) in [4.78, 5) is 37.5. The molecule has 7 nitrogen and oxygen atoms in total. The van der Waals surface area contributed by atoms with Crippen molar-refractivity contribution in [2.75, 3.05) is 26.1 Å². The Morgan fingerprint density at radius 1 is 1.07 bits per heavy atom. The number of urea groups is 1. The zero-order valence-electron chi connectivity index (χ0n) is 16.5. The van der Waals surface area contributed by atoms with Crippen LogP contribution in [0.1, 0.15) is 49.6 Å². The third-order valence-corrected chi connectivity index (χ3v) is 6.06. The molecule has 0 atom stereocenters. The van der Waals surface area contributed by atoms with Gasteiger partial charge in [-0.1, -0.05) is 0 Å². The van der Waals surface area contributed by atoms with E-state index in [1.165, 1.54) is 61.3 Å². The van der Waals surface area contributed by atoms with Gasteiger partial charge in [-0.25, -0.2) is 14.4 Å². The standard InChI is InChI=1S/C21H24N2O5S/c1-27-19(24)13-7-8-16(20(25)28-2)17(11-13)23-21(26)22-10-9-14-12-29-18-6-4-3-5-15(14)18/h7-8,11-12H,3-6,9-10H2,1-2H3,(H2,22,23,26). The van der Waals surface area contributed by atoms with Crippen molar-refractivity contribution in [3.05, 3.63) is 50.7 Å². The van der Waals surface area contributed by atoms with Gasteiger partial charge in [0.25, 0.3) is 0 Å². The summed E-state index contributed by atoms with van der Waals surface area (Å²) < 4.78 is 9.43. The lowest BCUT2D eigenvalue weighted by molar-refractivity contribution is 0.0587.